The Morgan fingerprint density at radius 2 is 1.69 bits per heavy atom. The summed E-state index contributed by atoms with van der Waals surface area (Å²) in [5, 5.41) is 8.14. The van der Waals surface area contributed by atoms with Gasteiger partial charge in [-0.3, -0.25) is 19.7 Å². The maximum Gasteiger partial charge on any atom is 0.433 e. The van der Waals surface area contributed by atoms with Crippen LogP contribution in [0.2, 0.25) is 0 Å². The molecule has 0 spiro atoms. The van der Waals surface area contributed by atoms with E-state index in [1.54, 1.807) is 16.7 Å². The van der Waals surface area contributed by atoms with Crippen LogP contribution in [0.5, 0.6) is 5.75 Å². The minimum Gasteiger partial charge on any atom is -0.490 e. The van der Waals surface area contributed by atoms with Gasteiger partial charge in [0.15, 0.2) is 0 Å². The SMILES string of the molecule is CC(C)Oc1cc2nc(C3CCC(CN4CCC(c5ccc(NC6CCC(=O)NC6=O)cc5)CC4)CC3)cn2cc1C(=O)Nc1cccc(C(F)(F)F)n1. The van der Waals surface area contributed by atoms with E-state index in [0.717, 1.165) is 75.6 Å². The Morgan fingerprint density at radius 1 is 0.944 bits per heavy atom. The van der Waals surface area contributed by atoms with E-state index in [9.17, 15) is 27.6 Å². The molecule has 286 valence electrons. The van der Waals surface area contributed by atoms with Crippen LogP contribution in [0.4, 0.5) is 24.7 Å². The van der Waals surface area contributed by atoms with E-state index in [4.69, 9.17) is 9.72 Å². The average molecular weight is 746 g/mol. The molecule has 7 rings (SSSR count). The molecule has 3 N–H and O–H groups in total. The summed E-state index contributed by atoms with van der Waals surface area (Å²) in [4.78, 5) is 48.0. The monoisotopic (exact) mass is 745 g/mol. The van der Waals surface area contributed by atoms with Crippen LogP contribution in [0.3, 0.4) is 0 Å². The summed E-state index contributed by atoms with van der Waals surface area (Å²) >= 11 is 0. The quantitative estimate of drug-likeness (QED) is 0.146. The number of imidazole rings is 1. The highest BCUT2D eigenvalue weighted by molar-refractivity contribution is 6.06. The summed E-state index contributed by atoms with van der Waals surface area (Å²) in [6.07, 6.45) is 6.02. The van der Waals surface area contributed by atoms with Gasteiger partial charge in [-0.1, -0.05) is 18.2 Å². The first kappa shape index (κ1) is 37.3. The number of halogens is 3. The molecule has 1 atom stereocenters. The second-order valence-electron chi connectivity index (χ2n) is 15.1. The summed E-state index contributed by atoms with van der Waals surface area (Å²) in [5.41, 5.74) is 2.89. The molecular formula is C40H46F3N7O4. The molecule has 3 aliphatic rings. The Bertz CT molecular complexity index is 1980. The summed E-state index contributed by atoms with van der Waals surface area (Å²) in [5.74, 6) is 0.404. The molecule has 3 amide bonds. The highest BCUT2D eigenvalue weighted by Crippen LogP contribution is 2.38. The molecule has 3 fully saturated rings. The zero-order valence-electron chi connectivity index (χ0n) is 30.5. The smallest absolute Gasteiger partial charge is 0.433 e. The number of anilines is 2. The number of ether oxygens (including phenoxy) is 1. The third-order valence-electron chi connectivity index (χ3n) is 10.8. The van der Waals surface area contributed by atoms with Gasteiger partial charge in [0.25, 0.3) is 5.91 Å². The van der Waals surface area contributed by atoms with Crippen molar-refractivity contribution >= 4 is 34.9 Å². The van der Waals surface area contributed by atoms with Gasteiger partial charge >= 0.3 is 6.18 Å². The average Bonchev–Trinajstić information content (AvgIpc) is 3.56. The molecule has 3 aromatic heterocycles. The van der Waals surface area contributed by atoms with E-state index in [1.165, 1.54) is 17.7 Å². The molecule has 1 aromatic carbocycles. The van der Waals surface area contributed by atoms with E-state index in [0.29, 0.717) is 42.0 Å². The first-order valence-electron chi connectivity index (χ1n) is 18.9. The number of nitrogens with zero attached hydrogens (tertiary/aromatic N) is 4. The van der Waals surface area contributed by atoms with Crippen molar-refractivity contribution in [1.29, 1.82) is 0 Å². The number of amides is 3. The number of hydrogen-bond donors (Lipinski definition) is 3. The van der Waals surface area contributed by atoms with Crippen molar-refractivity contribution in [2.45, 2.75) is 95.4 Å². The molecule has 54 heavy (non-hydrogen) atoms. The van der Waals surface area contributed by atoms with Gasteiger partial charge in [-0.2, -0.15) is 13.2 Å². The molecule has 0 radical (unpaired) electrons. The van der Waals surface area contributed by atoms with Crippen LogP contribution in [0.15, 0.2) is 60.9 Å². The van der Waals surface area contributed by atoms with Crippen LogP contribution in [-0.2, 0) is 15.8 Å². The molecule has 0 bridgehead atoms. The number of hydrogen-bond acceptors (Lipinski definition) is 8. The number of pyridine rings is 2. The standard InChI is InChI=1S/C40H46F3N7O4/c1-24(2)54-33-20-36-45-32(23-50(36)22-30(33)38(52)47-35-5-3-4-34(46-35)40(41,42)43)28-8-6-25(7-9-28)21-49-18-16-27(17-19-49)26-10-12-29(13-11-26)44-31-14-15-37(51)48-39(31)53/h3-5,10-13,20,22-25,27-28,31,44H,6-9,14-19,21H2,1-2H3,(H,46,47,52)(H,48,51,53). The van der Waals surface area contributed by atoms with Crippen LogP contribution in [0, 0.1) is 5.92 Å². The van der Waals surface area contributed by atoms with E-state index in [-0.39, 0.29) is 35.3 Å². The van der Waals surface area contributed by atoms with Crippen molar-refractivity contribution in [2.24, 2.45) is 5.92 Å². The number of fused-ring (bicyclic) bond motifs is 1. The lowest BCUT2D eigenvalue weighted by Crippen LogP contribution is -2.47. The Kier molecular flexibility index (Phi) is 10.9. The molecule has 2 saturated heterocycles. The number of imide groups is 1. The zero-order chi connectivity index (χ0) is 38.0. The Labute approximate surface area is 312 Å². The molecule has 14 heteroatoms. The third-order valence-corrected chi connectivity index (χ3v) is 10.8. The summed E-state index contributed by atoms with van der Waals surface area (Å²) in [6, 6.07) is 13.1. The van der Waals surface area contributed by atoms with Crippen LogP contribution in [-0.4, -0.2) is 68.8 Å². The predicted molar refractivity (Wildman–Crippen MR) is 197 cm³/mol. The number of alkyl halides is 3. The minimum atomic E-state index is -4.63. The fraction of sp³-hybridized carbons (Fsp3) is 0.475. The minimum absolute atomic E-state index is 0.172. The van der Waals surface area contributed by atoms with Gasteiger partial charge in [0.1, 0.15) is 29.0 Å². The predicted octanol–water partition coefficient (Wildman–Crippen LogP) is 7.16. The van der Waals surface area contributed by atoms with Crippen LogP contribution in [0.25, 0.3) is 5.65 Å². The summed E-state index contributed by atoms with van der Waals surface area (Å²) in [6.45, 7) is 6.89. The molecule has 1 unspecified atom stereocenters. The number of carbonyl (C=O) groups is 3. The molecule has 1 aliphatic carbocycles. The normalized spacial score (nSPS) is 21.6. The number of benzene rings is 1. The highest BCUT2D eigenvalue weighted by atomic mass is 19.4. The van der Waals surface area contributed by atoms with Gasteiger partial charge in [0.2, 0.25) is 11.8 Å². The van der Waals surface area contributed by atoms with Gasteiger partial charge in [0, 0.05) is 43.0 Å². The largest absolute Gasteiger partial charge is 0.490 e. The lowest BCUT2D eigenvalue weighted by molar-refractivity contribution is -0.141. The topological polar surface area (TPSA) is 130 Å². The van der Waals surface area contributed by atoms with Gasteiger partial charge in [-0.25, -0.2) is 9.97 Å². The van der Waals surface area contributed by atoms with E-state index < -0.39 is 17.8 Å². The highest BCUT2D eigenvalue weighted by Gasteiger charge is 2.33. The fourth-order valence-electron chi connectivity index (χ4n) is 7.94. The third kappa shape index (κ3) is 8.86. The van der Waals surface area contributed by atoms with Crippen LogP contribution < -0.4 is 20.7 Å². The van der Waals surface area contributed by atoms with Crippen molar-refractivity contribution in [2.75, 3.05) is 30.3 Å². The van der Waals surface area contributed by atoms with Crippen molar-refractivity contribution in [3.8, 4) is 5.75 Å². The van der Waals surface area contributed by atoms with Gasteiger partial charge in [0.05, 0.1) is 17.4 Å². The van der Waals surface area contributed by atoms with Crippen molar-refractivity contribution < 1.29 is 32.3 Å². The maximum absolute atomic E-state index is 13.3. The number of rotatable bonds is 10. The van der Waals surface area contributed by atoms with Crippen molar-refractivity contribution in [3.05, 3.63) is 83.4 Å². The van der Waals surface area contributed by atoms with Crippen LogP contribution >= 0.6 is 0 Å². The molecule has 1 saturated carbocycles. The first-order chi connectivity index (χ1) is 25.9. The van der Waals surface area contributed by atoms with E-state index in [2.05, 4.69) is 38.0 Å². The van der Waals surface area contributed by atoms with Crippen molar-refractivity contribution in [1.82, 2.24) is 24.6 Å². The lowest BCUT2D eigenvalue weighted by Gasteiger charge is -2.36. The zero-order valence-corrected chi connectivity index (χ0v) is 30.5. The van der Waals surface area contributed by atoms with E-state index >= 15 is 0 Å². The lowest BCUT2D eigenvalue weighted by atomic mass is 9.80. The van der Waals surface area contributed by atoms with Gasteiger partial charge < -0.3 is 24.7 Å². The number of likely N-dealkylation sites (tertiary alicyclic amines) is 1. The van der Waals surface area contributed by atoms with Gasteiger partial charge in [-0.05, 0) is 114 Å². The molecular weight excluding hydrogens is 699 g/mol. The molecule has 11 nitrogen and oxygen atoms in total. The number of aromatic nitrogens is 3. The maximum atomic E-state index is 13.3. The molecule has 4 aromatic rings. The number of nitrogens with one attached hydrogen (secondary N) is 3. The van der Waals surface area contributed by atoms with Gasteiger partial charge in [-0.15, -0.1) is 0 Å². The Balaban J connectivity index is 0.915. The molecule has 2 aliphatic heterocycles. The van der Waals surface area contributed by atoms with Crippen LogP contribution in [0.1, 0.15) is 104 Å². The summed E-state index contributed by atoms with van der Waals surface area (Å²) in [7, 11) is 0. The second-order valence-corrected chi connectivity index (χ2v) is 15.1. The number of piperidine rings is 2. The summed E-state index contributed by atoms with van der Waals surface area (Å²) < 4.78 is 47.4. The second kappa shape index (κ2) is 15.8. The molecule has 5 heterocycles. The van der Waals surface area contributed by atoms with E-state index in [1.807, 2.05) is 32.2 Å². The Morgan fingerprint density at radius 3 is 2.37 bits per heavy atom. The first-order valence-corrected chi connectivity index (χ1v) is 18.9. The van der Waals surface area contributed by atoms with Crippen molar-refractivity contribution in [3.63, 3.8) is 0 Å². The Hall–Kier alpha value is -4.98. The fourth-order valence-corrected chi connectivity index (χ4v) is 7.94. The number of carbonyl (C=O) groups excluding carboxylic acids is 3.